The second-order valence-electron chi connectivity index (χ2n) is 7.54. The van der Waals surface area contributed by atoms with Crippen LogP contribution >= 0.6 is 0 Å². The van der Waals surface area contributed by atoms with E-state index in [2.05, 4.69) is 9.47 Å². The quantitative estimate of drug-likeness (QED) is 0.153. The zero-order valence-electron chi connectivity index (χ0n) is 20.1. The van der Waals surface area contributed by atoms with Gasteiger partial charge < -0.3 is 14.6 Å². The minimum absolute atomic E-state index is 1.37. The Morgan fingerprint density at radius 1 is 0.435 bits per heavy atom. The average molecular weight is 756 g/mol. The summed E-state index contributed by atoms with van der Waals surface area (Å²) in [6, 6.07) is 0. The third-order valence-electron chi connectivity index (χ3n) is 3.97. The van der Waals surface area contributed by atoms with E-state index in [1.807, 2.05) is 9.47 Å². The van der Waals surface area contributed by atoms with E-state index in [-0.39, 0.29) is 0 Å². The highest BCUT2D eigenvalue weighted by molar-refractivity contribution is 4.88. The van der Waals surface area contributed by atoms with Gasteiger partial charge in [-0.1, -0.05) is 0 Å². The van der Waals surface area contributed by atoms with E-state index in [0.717, 1.165) is 0 Å². The zero-order chi connectivity index (χ0) is 37.4. The number of hydrogen-bond donors (Lipinski definition) is 1. The molecule has 0 aliphatic carbocycles. The van der Waals surface area contributed by atoms with Gasteiger partial charge in [-0.25, -0.2) is 18.3 Å². The minimum atomic E-state index is -7.67. The van der Waals surface area contributed by atoms with Gasteiger partial charge in [-0.05, 0) is 0 Å². The van der Waals surface area contributed by atoms with Crippen LogP contribution in [-0.2, 0) is 28.4 Å². The lowest BCUT2D eigenvalue weighted by Gasteiger charge is -2.34. The van der Waals surface area contributed by atoms with Crippen LogP contribution in [-0.4, -0.2) is 98.4 Å². The molecule has 0 saturated heterocycles. The largest absolute Gasteiger partial charge is 0.527 e. The van der Waals surface area contributed by atoms with Crippen molar-refractivity contribution in [3.8, 4) is 0 Å². The van der Waals surface area contributed by atoms with Gasteiger partial charge in [-0.2, -0.15) is 70.2 Å². The fraction of sp³-hybridized carbons (Fsp3) is 1.00. The van der Waals surface area contributed by atoms with Gasteiger partial charge in [0.1, 0.15) is 6.10 Å². The molecule has 0 heterocycles. The first kappa shape index (κ1) is 44.0. The van der Waals surface area contributed by atoms with Gasteiger partial charge in [0.15, 0.2) is 0 Å². The van der Waals surface area contributed by atoms with Crippen molar-refractivity contribution in [1.29, 1.82) is 0 Å². The van der Waals surface area contributed by atoms with E-state index in [1.165, 1.54) is 9.47 Å². The second-order valence-corrected chi connectivity index (χ2v) is 7.54. The predicted octanol–water partition coefficient (Wildman–Crippen LogP) is 6.91. The number of hydrogen-bond acceptors (Lipinski definition) is 7. The first-order chi connectivity index (χ1) is 19.8. The van der Waals surface area contributed by atoms with Crippen molar-refractivity contribution in [3.63, 3.8) is 0 Å². The van der Waals surface area contributed by atoms with Crippen molar-refractivity contribution in [2.75, 3.05) is 13.2 Å². The van der Waals surface area contributed by atoms with Gasteiger partial charge in [-0.15, -0.1) is 26.3 Å². The Morgan fingerprint density at radius 2 is 0.739 bits per heavy atom. The molecule has 0 aromatic carbocycles. The molecule has 0 saturated carbocycles. The van der Waals surface area contributed by atoms with Crippen LogP contribution in [0.3, 0.4) is 0 Å². The van der Waals surface area contributed by atoms with E-state index in [1.54, 1.807) is 0 Å². The van der Waals surface area contributed by atoms with Crippen LogP contribution in [0.1, 0.15) is 0 Å². The zero-order valence-corrected chi connectivity index (χ0v) is 20.1. The summed E-state index contributed by atoms with van der Waals surface area (Å²) in [6.07, 6.45) is -70.6. The summed E-state index contributed by atoms with van der Waals surface area (Å²) in [5, 5.41) is 8.69. The van der Waals surface area contributed by atoms with Crippen LogP contribution in [0.25, 0.3) is 0 Å². The summed E-state index contributed by atoms with van der Waals surface area (Å²) in [6.45, 7) is -5.08. The summed E-state index contributed by atoms with van der Waals surface area (Å²) in [5.74, 6) is -15.3. The molecule has 0 aliphatic heterocycles. The van der Waals surface area contributed by atoms with E-state index in [0.29, 0.717) is 0 Å². The molecule has 0 radical (unpaired) electrons. The highest BCUT2D eigenvalue weighted by Crippen LogP contribution is 2.52. The van der Waals surface area contributed by atoms with Gasteiger partial charge in [0.05, 0.1) is 13.2 Å². The second kappa shape index (κ2) is 13.5. The molecule has 278 valence electrons. The third-order valence-corrected chi connectivity index (χ3v) is 3.97. The van der Waals surface area contributed by atoms with Crippen molar-refractivity contribution < 1.29 is 139 Å². The maximum atomic E-state index is 13.6. The minimum Gasteiger partial charge on any atom is -0.394 e. The number of aliphatic hydroxyl groups excluding tert-OH is 1. The average Bonchev–Trinajstić information content (AvgIpc) is 2.77. The number of ether oxygens (including phenoxy) is 6. The molecule has 0 aromatic heterocycles. The Bertz CT molecular complexity index is 980. The molecular weight excluding hydrogens is 748 g/mol. The first-order valence-electron chi connectivity index (χ1n) is 9.93. The van der Waals surface area contributed by atoms with E-state index >= 15 is 0 Å². The maximum Gasteiger partial charge on any atom is 0.527 e. The summed E-state index contributed by atoms with van der Waals surface area (Å²) in [4.78, 5) is 0. The molecule has 0 rings (SSSR count). The highest BCUT2D eigenvalue weighted by Gasteiger charge is 2.79. The Hall–Kier alpha value is -1.96. The summed E-state index contributed by atoms with van der Waals surface area (Å²) in [5.41, 5.74) is 0. The highest BCUT2D eigenvalue weighted by atomic mass is 19.4. The SMILES string of the molecule is OCC(COC(F)(F)C(F)OC(F)(F)C(F)(F)C(F)(F)OC(F)(F)F)OC(F)(F)C(F)OC(F)(F)C(F)(F)C(F)(F)OC(F)(F)F. The number of rotatable bonds is 18. The van der Waals surface area contributed by atoms with Crippen molar-refractivity contribution >= 4 is 0 Å². The molecule has 0 amide bonds. The lowest BCUT2D eigenvalue weighted by Crippen LogP contribution is -2.60. The van der Waals surface area contributed by atoms with Crippen molar-refractivity contribution in [2.45, 2.75) is 80.0 Å². The Morgan fingerprint density at radius 3 is 1.02 bits per heavy atom. The molecule has 7 nitrogen and oxygen atoms in total. The molecule has 31 heteroatoms. The van der Waals surface area contributed by atoms with Gasteiger partial charge in [0, 0.05) is 0 Å². The summed E-state index contributed by atoms with van der Waals surface area (Å²) >= 11 is 0. The summed E-state index contributed by atoms with van der Waals surface area (Å²) < 4.78 is 321. The van der Waals surface area contributed by atoms with Crippen molar-refractivity contribution in [1.82, 2.24) is 0 Å². The number of alkyl halides is 24. The van der Waals surface area contributed by atoms with Crippen LogP contribution < -0.4 is 0 Å². The lowest BCUT2D eigenvalue weighted by molar-refractivity contribution is -0.522. The van der Waals surface area contributed by atoms with Crippen LogP contribution in [0.2, 0.25) is 0 Å². The Balaban J connectivity index is 5.69. The Labute approximate surface area is 233 Å². The molecule has 0 aliphatic rings. The monoisotopic (exact) mass is 756 g/mol. The van der Waals surface area contributed by atoms with E-state index < -0.39 is 93.3 Å². The van der Waals surface area contributed by atoms with Crippen molar-refractivity contribution in [3.05, 3.63) is 0 Å². The fourth-order valence-electron chi connectivity index (χ4n) is 1.97. The smallest absolute Gasteiger partial charge is 0.394 e. The molecule has 0 fully saturated rings. The molecule has 0 aromatic rings. The van der Waals surface area contributed by atoms with Gasteiger partial charge in [0.25, 0.3) is 12.7 Å². The van der Waals surface area contributed by atoms with Gasteiger partial charge in [-0.3, -0.25) is 9.47 Å². The van der Waals surface area contributed by atoms with E-state index in [9.17, 15) is 105 Å². The summed E-state index contributed by atoms with van der Waals surface area (Å²) in [7, 11) is 0. The topological polar surface area (TPSA) is 75.6 Å². The lowest BCUT2D eigenvalue weighted by atomic mass is 10.3. The predicted molar refractivity (Wildman–Crippen MR) is 83.7 cm³/mol. The fourth-order valence-corrected chi connectivity index (χ4v) is 1.97. The van der Waals surface area contributed by atoms with Crippen LogP contribution in [0.15, 0.2) is 0 Å². The molecule has 3 unspecified atom stereocenters. The first-order valence-corrected chi connectivity index (χ1v) is 9.93. The van der Waals surface area contributed by atoms with Gasteiger partial charge >= 0.3 is 61.2 Å². The van der Waals surface area contributed by atoms with Crippen LogP contribution in [0, 0.1) is 0 Å². The normalized spacial score (nSPS) is 17.7. The Kier molecular flexibility index (Phi) is 12.9. The van der Waals surface area contributed by atoms with Gasteiger partial charge in [0.2, 0.25) is 0 Å². The molecule has 0 bridgehead atoms. The third kappa shape index (κ3) is 10.8. The standard InChI is InChI=1S/C15H8F24O7/c16-4(43-10(26,27)8(22,23)12(30,31)45-14(34,35)36)6(18,19)41-2-3(1-40)42-7(20,21)5(17)44-11(28,29)9(24,25)13(32,33)46-15(37,38)39/h3-5,40H,1-2H2. The van der Waals surface area contributed by atoms with E-state index in [4.69, 9.17) is 5.11 Å². The van der Waals surface area contributed by atoms with Crippen LogP contribution in [0.4, 0.5) is 105 Å². The molecular formula is C15H8F24O7. The molecule has 0 spiro atoms. The van der Waals surface area contributed by atoms with Crippen molar-refractivity contribution in [2.24, 2.45) is 0 Å². The number of aliphatic hydroxyl groups is 1. The van der Waals surface area contributed by atoms with Crippen LogP contribution in [0.5, 0.6) is 0 Å². The molecule has 46 heavy (non-hydrogen) atoms. The number of halogens is 24. The molecule has 3 atom stereocenters. The maximum absolute atomic E-state index is 13.6. The molecule has 1 N–H and O–H groups in total.